The summed E-state index contributed by atoms with van der Waals surface area (Å²) in [5.41, 5.74) is 2.05. The fourth-order valence-electron chi connectivity index (χ4n) is 2.37. The zero-order chi connectivity index (χ0) is 14.5. The molecule has 1 aliphatic heterocycles. The molecule has 2 aromatic rings. The van der Waals surface area contributed by atoms with Crippen LogP contribution in [0.5, 0.6) is 0 Å². The van der Waals surface area contributed by atoms with Gasteiger partial charge in [-0.15, -0.1) is 0 Å². The molecule has 1 amide bonds. The number of ether oxygens (including phenoxy) is 1. The Hall–Kier alpha value is -1.69. The number of benzene rings is 1. The number of para-hydroxylation sites is 1. The van der Waals surface area contributed by atoms with Crippen LogP contribution in [0.15, 0.2) is 47.2 Å². The van der Waals surface area contributed by atoms with Crippen LogP contribution in [0, 0.1) is 0 Å². The Kier molecular flexibility index (Phi) is 4.65. The van der Waals surface area contributed by atoms with E-state index >= 15 is 0 Å². The summed E-state index contributed by atoms with van der Waals surface area (Å²) in [6.45, 7) is 2.54. The van der Waals surface area contributed by atoms with Gasteiger partial charge in [-0.1, -0.05) is 18.2 Å². The predicted octanol–water partition coefficient (Wildman–Crippen LogP) is 2.27. The fraction of sp³-hybridized carbons (Fsp3) is 0.312. The largest absolute Gasteiger partial charge is 0.366 e. The summed E-state index contributed by atoms with van der Waals surface area (Å²) in [5, 5.41) is 7.31. The van der Waals surface area contributed by atoms with E-state index in [-0.39, 0.29) is 5.91 Å². The van der Waals surface area contributed by atoms with Gasteiger partial charge in [-0.25, -0.2) is 0 Å². The number of rotatable bonds is 4. The maximum absolute atomic E-state index is 12.8. The molecule has 1 saturated heterocycles. The maximum atomic E-state index is 12.8. The van der Waals surface area contributed by atoms with Crippen molar-refractivity contribution in [2.24, 2.45) is 0 Å². The third-order valence-corrected chi connectivity index (χ3v) is 4.19. The van der Waals surface area contributed by atoms with Gasteiger partial charge in [0.2, 0.25) is 0 Å². The first-order valence-electron chi connectivity index (χ1n) is 7.04. The lowest BCUT2D eigenvalue weighted by atomic mass is 10.2. The summed E-state index contributed by atoms with van der Waals surface area (Å²) in [4.78, 5) is 14.6. The van der Waals surface area contributed by atoms with Crippen molar-refractivity contribution in [3.63, 3.8) is 0 Å². The molecule has 1 N–H and O–H groups in total. The lowest BCUT2D eigenvalue weighted by molar-refractivity contribution is -0.131. The van der Waals surface area contributed by atoms with Crippen LogP contribution in [-0.2, 0) is 16.1 Å². The normalized spacial score (nSPS) is 18.4. The van der Waals surface area contributed by atoms with Crippen LogP contribution in [-0.4, -0.2) is 31.7 Å². The number of anilines is 1. The van der Waals surface area contributed by atoms with Crippen LogP contribution in [0.25, 0.3) is 0 Å². The molecule has 0 saturated carbocycles. The van der Waals surface area contributed by atoms with E-state index in [4.69, 9.17) is 4.74 Å². The van der Waals surface area contributed by atoms with E-state index < -0.39 is 6.10 Å². The van der Waals surface area contributed by atoms with Gasteiger partial charge in [0.1, 0.15) is 6.10 Å². The SMILES string of the molecule is O=C([C@H]1CNCCO1)N(Cc1ccsc1)c1ccccc1. The number of morpholine rings is 1. The molecular weight excluding hydrogens is 284 g/mol. The Bertz CT molecular complexity index is 565. The standard InChI is InChI=1S/C16H18N2O2S/c19-16(15-10-17-7-8-20-15)18(11-13-6-9-21-12-13)14-4-2-1-3-5-14/h1-6,9,12,15,17H,7-8,10-11H2/t15-/m1/s1. The summed E-state index contributed by atoms with van der Waals surface area (Å²) in [6, 6.07) is 11.8. The fourth-order valence-corrected chi connectivity index (χ4v) is 3.03. The van der Waals surface area contributed by atoms with Crippen LogP contribution in [0.1, 0.15) is 5.56 Å². The molecule has 5 heteroatoms. The number of hydrogen-bond donors (Lipinski definition) is 1. The van der Waals surface area contributed by atoms with E-state index in [1.54, 1.807) is 16.2 Å². The number of amides is 1. The lowest BCUT2D eigenvalue weighted by Gasteiger charge is -2.29. The topological polar surface area (TPSA) is 41.6 Å². The van der Waals surface area contributed by atoms with E-state index in [2.05, 4.69) is 10.7 Å². The highest BCUT2D eigenvalue weighted by molar-refractivity contribution is 7.07. The Morgan fingerprint density at radius 3 is 2.86 bits per heavy atom. The Morgan fingerprint density at radius 1 is 1.33 bits per heavy atom. The number of hydrogen-bond acceptors (Lipinski definition) is 4. The number of thiophene rings is 1. The van der Waals surface area contributed by atoms with Crippen LogP contribution in [0.4, 0.5) is 5.69 Å². The van der Waals surface area contributed by atoms with Crippen LogP contribution in [0.2, 0.25) is 0 Å². The molecule has 21 heavy (non-hydrogen) atoms. The van der Waals surface area contributed by atoms with Crippen molar-refractivity contribution in [3.05, 3.63) is 52.7 Å². The van der Waals surface area contributed by atoms with Crippen molar-refractivity contribution < 1.29 is 9.53 Å². The second-order valence-electron chi connectivity index (χ2n) is 4.96. The monoisotopic (exact) mass is 302 g/mol. The molecule has 4 nitrogen and oxygen atoms in total. The molecular formula is C16H18N2O2S. The third kappa shape index (κ3) is 3.50. The second-order valence-corrected chi connectivity index (χ2v) is 5.74. The van der Waals surface area contributed by atoms with Gasteiger partial charge in [0.25, 0.3) is 5.91 Å². The van der Waals surface area contributed by atoms with E-state index in [0.29, 0.717) is 19.7 Å². The lowest BCUT2D eigenvalue weighted by Crippen LogP contribution is -2.49. The van der Waals surface area contributed by atoms with Crippen molar-refractivity contribution in [3.8, 4) is 0 Å². The minimum Gasteiger partial charge on any atom is -0.366 e. The van der Waals surface area contributed by atoms with Gasteiger partial charge < -0.3 is 15.0 Å². The van der Waals surface area contributed by atoms with Gasteiger partial charge in [0.15, 0.2) is 0 Å². The van der Waals surface area contributed by atoms with Crippen LogP contribution in [0.3, 0.4) is 0 Å². The summed E-state index contributed by atoms with van der Waals surface area (Å²) < 4.78 is 5.61. The molecule has 1 aromatic heterocycles. The van der Waals surface area contributed by atoms with Gasteiger partial charge in [-0.05, 0) is 34.5 Å². The number of carbonyl (C=O) groups excluding carboxylic acids is 1. The molecule has 1 atom stereocenters. The molecule has 0 aliphatic carbocycles. The van der Waals surface area contributed by atoms with Crippen molar-refractivity contribution in [1.29, 1.82) is 0 Å². The summed E-state index contributed by atoms with van der Waals surface area (Å²) >= 11 is 1.64. The van der Waals surface area contributed by atoms with Gasteiger partial charge in [-0.3, -0.25) is 4.79 Å². The quantitative estimate of drug-likeness (QED) is 0.942. The minimum atomic E-state index is -0.405. The Balaban J connectivity index is 1.82. The van der Waals surface area contributed by atoms with E-state index in [9.17, 15) is 4.79 Å². The molecule has 1 aromatic carbocycles. The second kappa shape index (κ2) is 6.85. The van der Waals surface area contributed by atoms with E-state index in [0.717, 1.165) is 17.8 Å². The Morgan fingerprint density at radius 2 is 2.19 bits per heavy atom. The molecule has 0 spiro atoms. The van der Waals surface area contributed by atoms with E-state index in [1.807, 2.05) is 41.8 Å². The number of nitrogens with one attached hydrogen (secondary N) is 1. The van der Waals surface area contributed by atoms with Gasteiger partial charge in [-0.2, -0.15) is 11.3 Å². The van der Waals surface area contributed by atoms with Crippen molar-refractivity contribution in [2.75, 3.05) is 24.6 Å². The van der Waals surface area contributed by atoms with E-state index in [1.165, 1.54) is 0 Å². The minimum absolute atomic E-state index is 0.0135. The highest BCUT2D eigenvalue weighted by Crippen LogP contribution is 2.20. The van der Waals surface area contributed by atoms with Crippen molar-refractivity contribution in [2.45, 2.75) is 12.6 Å². The summed E-state index contributed by atoms with van der Waals surface area (Å²) in [6.07, 6.45) is -0.405. The molecule has 0 unspecified atom stereocenters. The van der Waals surface area contributed by atoms with Gasteiger partial charge in [0, 0.05) is 18.8 Å². The van der Waals surface area contributed by atoms with Crippen LogP contribution >= 0.6 is 11.3 Å². The average molecular weight is 302 g/mol. The molecule has 0 radical (unpaired) electrons. The third-order valence-electron chi connectivity index (χ3n) is 3.46. The maximum Gasteiger partial charge on any atom is 0.257 e. The van der Waals surface area contributed by atoms with Gasteiger partial charge >= 0.3 is 0 Å². The first kappa shape index (κ1) is 14.3. The summed E-state index contributed by atoms with van der Waals surface area (Å²) in [5.74, 6) is 0.0135. The summed E-state index contributed by atoms with van der Waals surface area (Å²) in [7, 11) is 0. The average Bonchev–Trinajstić information content (AvgIpc) is 3.07. The Labute approximate surface area is 128 Å². The highest BCUT2D eigenvalue weighted by Gasteiger charge is 2.27. The smallest absolute Gasteiger partial charge is 0.257 e. The first-order valence-corrected chi connectivity index (χ1v) is 7.99. The first-order chi connectivity index (χ1) is 10.3. The highest BCUT2D eigenvalue weighted by atomic mass is 32.1. The van der Waals surface area contributed by atoms with Gasteiger partial charge in [0.05, 0.1) is 13.2 Å². The molecule has 1 aliphatic rings. The number of carbonyl (C=O) groups is 1. The number of nitrogens with zero attached hydrogens (tertiary/aromatic N) is 1. The predicted molar refractivity (Wildman–Crippen MR) is 84.6 cm³/mol. The zero-order valence-corrected chi connectivity index (χ0v) is 12.5. The molecule has 2 heterocycles. The molecule has 0 bridgehead atoms. The molecule has 1 fully saturated rings. The van der Waals surface area contributed by atoms with Crippen molar-refractivity contribution in [1.82, 2.24) is 5.32 Å². The zero-order valence-electron chi connectivity index (χ0n) is 11.7. The van der Waals surface area contributed by atoms with Crippen molar-refractivity contribution >= 4 is 22.9 Å². The van der Waals surface area contributed by atoms with Crippen LogP contribution < -0.4 is 10.2 Å². The molecule has 110 valence electrons. The molecule has 3 rings (SSSR count).